The highest BCUT2D eigenvalue weighted by Crippen LogP contribution is 2.30. The molecule has 0 saturated carbocycles. The Morgan fingerprint density at radius 3 is 2.79 bits per heavy atom. The maximum Gasteiger partial charge on any atom is 0.151 e. The second-order valence-electron chi connectivity index (χ2n) is 4.11. The van der Waals surface area contributed by atoms with Crippen LogP contribution in [0.5, 0.6) is 5.75 Å². The maximum absolute atomic E-state index is 6.24. The molecule has 0 aliphatic carbocycles. The SMILES string of the molecule is COc1cccc(N(C)c2ncc(CN)cc2Cl)c1. The van der Waals surface area contributed by atoms with Crippen LogP contribution in [0.25, 0.3) is 0 Å². The Hall–Kier alpha value is -1.78. The van der Waals surface area contributed by atoms with Gasteiger partial charge >= 0.3 is 0 Å². The van der Waals surface area contributed by atoms with Crippen molar-refractivity contribution in [2.75, 3.05) is 19.1 Å². The van der Waals surface area contributed by atoms with Crippen LogP contribution < -0.4 is 15.4 Å². The van der Waals surface area contributed by atoms with Gasteiger partial charge in [-0.25, -0.2) is 4.98 Å². The molecule has 0 atom stereocenters. The first-order valence-corrected chi connectivity index (χ1v) is 6.25. The fourth-order valence-corrected chi connectivity index (χ4v) is 2.09. The second kappa shape index (κ2) is 5.91. The number of nitrogens with two attached hydrogens (primary N) is 1. The highest BCUT2D eigenvalue weighted by molar-refractivity contribution is 6.33. The van der Waals surface area contributed by atoms with E-state index >= 15 is 0 Å². The van der Waals surface area contributed by atoms with Crippen molar-refractivity contribution in [3.63, 3.8) is 0 Å². The Morgan fingerprint density at radius 2 is 2.16 bits per heavy atom. The zero-order chi connectivity index (χ0) is 13.8. The van der Waals surface area contributed by atoms with Crippen molar-refractivity contribution < 1.29 is 4.74 Å². The molecule has 2 aromatic rings. The largest absolute Gasteiger partial charge is 0.497 e. The van der Waals surface area contributed by atoms with E-state index in [1.807, 2.05) is 42.3 Å². The minimum Gasteiger partial charge on any atom is -0.497 e. The molecule has 0 spiro atoms. The Morgan fingerprint density at radius 1 is 1.37 bits per heavy atom. The standard InChI is InChI=1S/C14H16ClN3O/c1-18(11-4-3-5-12(7-11)19-2)14-13(15)6-10(8-16)9-17-14/h3-7,9H,8,16H2,1-2H3. The minimum absolute atomic E-state index is 0.426. The zero-order valence-corrected chi connectivity index (χ0v) is 11.7. The van der Waals surface area contributed by atoms with Gasteiger partial charge in [-0.05, 0) is 23.8 Å². The number of aromatic nitrogens is 1. The van der Waals surface area contributed by atoms with Gasteiger partial charge in [0.1, 0.15) is 5.75 Å². The molecule has 1 aromatic heterocycles. The molecule has 0 aliphatic heterocycles. The molecular formula is C14H16ClN3O. The summed E-state index contributed by atoms with van der Waals surface area (Å²) >= 11 is 6.24. The molecule has 0 bridgehead atoms. The number of methoxy groups -OCH3 is 1. The molecule has 1 heterocycles. The third kappa shape index (κ3) is 2.97. The molecule has 5 heteroatoms. The van der Waals surface area contributed by atoms with Crippen LogP contribution in [-0.2, 0) is 6.54 Å². The van der Waals surface area contributed by atoms with Crippen molar-refractivity contribution in [2.24, 2.45) is 5.73 Å². The predicted molar refractivity (Wildman–Crippen MR) is 78.2 cm³/mol. The fourth-order valence-electron chi connectivity index (χ4n) is 1.77. The summed E-state index contributed by atoms with van der Waals surface area (Å²) in [5.41, 5.74) is 7.43. The van der Waals surface area contributed by atoms with Gasteiger partial charge in [0.25, 0.3) is 0 Å². The van der Waals surface area contributed by atoms with Crippen molar-refractivity contribution in [3.8, 4) is 5.75 Å². The minimum atomic E-state index is 0.426. The molecular weight excluding hydrogens is 262 g/mol. The molecule has 0 unspecified atom stereocenters. The summed E-state index contributed by atoms with van der Waals surface area (Å²) in [6.45, 7) is 0.426. The lowest BCUT2D eigenvalue weighted by molar-refractivity contribution is 0.415. The van der Waals surface area contributed by atoms with Gasteiger partial charge in [0, 0.05) is 31.5 Å². The van der Waals surface area contributed by atoms with E-state index in [0.29, 0.717) is 17.4 Å². The molecule has 0 fully saturated rings. The Balaban J connectivity index is 2.35. The van der Waals surface area contributed by atoms with Crippen molar-refractivity contribution in [1.82, 2.24) is 4.98 Å². The lowest BCUT2D eigenvalue weighted by Crippen LogP contribution is -2.12. The van der Waals surface area contributed by atoms with E-state index < -0.39 is 0 Å². The number of hydrogen-bond acceptors (Lipinski definition) is 4. The lowest BCUT2D eigenvalue weighted by Gasteiger charge is -2.20. The highest BCUT2D eigenvalue weighted by Gasteiger charge is 2.11. The van der Waals surface area contributed by atoms with Gasteiger partial charge in [-0.2, -0.15) is 0 Å². The molecule has 2 N–H and O–H groups in total. The predicted octanol–water partition coefficient (Wildman–Crippen LogP) is 2.97. The van der Waals surface area contributed by atoms with Crippen molar-refractivity contribution >= 4 is 23.1 Å². The van der Waals surface area contributed by atoms with Gasteiger partial charge in [0.05, 0.1) is 12.1 Å². The summed E-state index contributed by atoms with van der Waals surface area (Å²) < 4.78 is 5.21. The molecule has 100 valence electrons. The van der Waals surface area contributed by atoms with Crippen LogP contribution in [-0.4, -0.2) is 19.1 Å². The summed E-state index contributed by atoms with van der Waals surface area (Å²) in [5, 5.41) is 0.577. The second-order valence-corrected chi connectivity index (χ2v) is 4.52. The highest BCUT2D eigenvalue weighted by atomic mass is 35.5. The first-order chi connectivity index (χ1) is 9.15. The Kier molecular flexibility index (Phi) is 4.24. The molecule has 0 radical (unpaired) electrons. The first-order valence-electron chi connectivity index (χ1n) is 5.88. The molecule has 1 aromatic carbocycles. The number of hydrogen-bond donors (Lipinski definition) is 1. The number of ether oxygens (including phenoxy) is 1. The van der Waals surface area contributed by atoms with Crippen LogP contribution >= 0.6 is 11.6 Å². The summed E-state index contributed by atoms with van der Waals surface area (Å²) in [6, 6.07) is 9.55. The van der Waals surface area contributed by atoms with E-state index in [9.17, 15) is 0 Å². The van der Waals surface area contributed by atoms with Crippen molar-refractivity contribution in [2.45, 2.75) is 6.54 Å². The normalized spacial score (nSPS) is 10.3. The monoisotopic (exact) mass is 277 g/mol. The van der Waals surface area contributed by atoms with Crippen LogP contribution in [0.3, 0.4) is 0 Å². The number of rotatable bonds is 4. The first kappa shape index (κ1) is 13.6. The average Bonchev–Trinajstić information content (AvgIpc) is 2.46. The number of halogens is 1. The number of benzene rings is 1. The van der Waals surface area contributed by atoms with E-state index in [1.165, 1.54) is 0 Å². The van der Waals surface area contributed by atoms with Gasteiger partial charge in [-0.15, -0.1) is 0 Å². The molecule has 0 saturated heterocycles. The quantitative estimate of drug-likeness (QED) is 0.933. The van der Waals surface area contributed by atoms with E-state index in [-0.39, 0.29) is 0 Å². The van der Waals surface area contributed by atoms with Crippen LogP contribution in [0, 0.1) is 0 Å². The van der Waals surface area contributed by atoms with Crippen LogP contribution in [0.1, 0.15) is 5.56 Å². The summed E-state index contributed by atoms with van der Waals surface area (Å²) in [5.74, 6) is 1.48. The Labute approximate surface area is 117 Å². The summed E-state index contributed by atoms with van der Waals surface area (Å²) in [4.78, 5) is 6.26. The van der Waals surface area contributed by atoms with Gasteiger partial charge in [-0.1, -0.05) is 17.7 Å². The van der Waals surface area contributed by atoms with E-state index in [2.05, 4.69) is 4.98 Å². The average molecular weight is 278 g/mol. The third-order valence-electron chi connectivity index (χ3n) is 2.87. The number of anilines is 2. The van der Waals surface area contributed by atoms with Crippen molar-refractivity contribution in [1.29, 1.82) is 0 Å². The molecule has 19 heavy (non-hydrogen) atoms. The van der Waals surface area contributed by atoms with Gasteiger partial charge in [-0.3, -0.25) is 0 Å². The zero-order valence-electron chi connectivity index (χ0n) is 10.9. The number of nitrogens with zero attached hydrogens (tertiary/aromatic N) is 2. The van der Waals surface area contributed by atoms with Gasteiger partial charge in [0.2, 0.25) is 0 Å². The van der Waals surface area contributed by atoms with E-state index in [4.69, 9.17) is 22.1 Å². The molecule has 0 amide bonds. The molecule has 2 rings (SSSR count). The summed E-state index contributed by atoms with van der Waals surface area (Å²) in [7, 11) is 3.55. The van der Waals surface area contributed by atoms with Crippen molar-refractivity contribution in [3.05, 3.63) is 47.1 Å². The van der Waals surface area contributed by atoms with Crippen LogP contribution in [0.2, 0.25) is 5.02 Å². The number of pyridine rings is 1. The van der Waals surface area contributed by atoms with Crippen LogP contribution in [0.15, 0.2) is 36.5 Å². The van der Waals surface area contributed by atoms with E-state index in [0.717, 1.165) is 17.0 Å². The fraction of sp³-hybridized carbons (Fsp3) is 0.214. The lowest BCUT2D eigenvalue weighted by atomic mass is 10.2. The molecule has 4 nitrogen and oxygen atoms in total. The van der Waals surface area contributed by atoms with E-state index in [1.54, 1.807) is 13.3 Å². The van der Waals surface area contributed by atoms with Gasteiger partial charge < -0.3 is 15.4 Å². The van der Waals surface area contributed by atoms with Gasteiger partial charge in [0.15, 0.2) is 5.82 Å². The third-order valence-corrected chi connectivity index (χ3v) is 3.15. The smallest absolute Gasteiger partial charge is 0.151 e. The Bertz CT molecular complexity index is 574. The summed E-state index contributed by atoms with van der Waals surface area (Å²) in [6.07, 6.45) is 1.73. The molecule has 0 aliphatic rings. The maximum atomic E-state index is 6.24. The topological polar surface area (TPSA) is 51.4 Å². The van der Waals surface area contributed by atoms with Crippen LogP contribution in [0.4, 0.5) is 11.5 Å².